The van der Waals surface area contributed by atoms with Gasteiger partial charge in [0.15, 0.2) is 6.10 Å². The zero-order valence-corrected chi connectivity index (χ0v) is 15.3. The van der Waals surface area contributed by atoms with Gasteiger partial charge < -0.3 is 15.0 Å². The molecule has 1 fully saturated rings. The van der Waals surface area contributed by atoms with E-state index < -0.39 is 6.10 Å². The van der Waals surface area contributed by atoms with Crippen molar-refractivity contribution in [2.45, 2.75) is 32.4 Å². The van der Waals surface area contributed by atoms with E-state index in [0.717, 1.165) is 31.5 Å². The van der Waals surface area contributed by atoms with Crippen LogP contribution in [0.4, 0.5) is 4.39 Å². The molecule has 1 N–H and O–H groups in total. The van der Waals surface area contributed by atoms with Crippen LogP contribution in [-0.2, 0) is 11.3 Å². The van der Waals surface area contributed by atoms with Crippen LogP contribution in [0.1, 0.15) is 35.7 Å². The third kappa shape index (κ3) is 5.06. The van der Waals surface area contributed by atoms with E-state index in [1.165, 1.54) is 24.3 Å². The van der Waals surface area contributed by atoms with Crippen LogP contribution in [0, 0.1) is 5.82 Å². The van der Waals surface area contributed by atoms with Gasteiger partial charge in [-0.3, -0.25) is 9.59 Å². The first kappa shape index (κ1) is 18.9. The molecule has 2 aromatic rings. The van der Waals surface area contributed by atoms with Crippen LogP contribution in [0.25, 0.3) is 0 Å². The van der Waals surface area contributed by atoms with Gasteiger partial charge in [-0.15, -0.1) is 0 Å². The predicted molar refractivity (Wildman–Crippen MR) is 99.9 cm³/mol. The first-order valence-electron chi connectivity index (χ1n) is 9.11. The fourth-order valence-electron chi connectivity index (χ4n) is 2.97. The molecule has 3 rings (SSSR count). The van der Waals surface area contributed by atoms with Gasteiger partial charge in [0, 0.05) is 25.2 Å². The second-order valence-corrected chi connectivity index (χ2v) is 6.63. The lowest BCUT2D eigenvalue weighted by Crippen LogP contribution is -2.35. The Hall–Kier alpha value is -2.89. The van der Waals surface area contributed by atoms with Crippen molar-refractivity contribution in [3.05, 3.63) is 65.5 Å². The highest BCUT2D eigenvalue weighted by Gasteiger charge is 2.19. The van der Waals surface area contributed by atoms with E-state index in [1.807, 2.05) is 17.0 Å². The molecule has 0 aliphatic carbocycles. The van der Waals surface area contributed by atoms with Crippen LogP contribution in [0.3, 0.4) is 0 Å². The monoisotopic (exact) mass is 370 g/mol. The fraction of sp³-hybridized carbons (Fsp3) is 0.333. The van der Waals surface area contributed by atoms with Gasteiger partial charge in [0.25, 0.3) is 11.8 Å². The molecule has 6 heteroatoms. The van der Waals surface area contributed by atoms with Crippen molar-refractivity contribution in [2.75, 3.05) is 13.1 Å². The summed E-state index contributed by atoms with van der Waals surface area (Å²) in [4.78, 5) is 26.4. The first-order chi connectivity index (χ1) is 13.0. The SMILES string of the molecule is CC(Oc1ccc(F)cc1)C(=O)NCc1ccc(C(=O)N2CCCC2)cc1. The number of benzene rings is 2. The zero-order chi connectivity index (χ0) is 19.2. The van der Waals surface area contributed by atoms with Crippen molar-refractivity contribution in [2.24, 2.45) is 0 Å². The van der Waals surface area contributed by atoms with Gasteiger partial charge in [-0.2, -0.15) is 0 Å². The van der Waals surface area contributed by atoms with Crippen LogP contribution in [0.2, 0.25) is 0 Å². The Balaban J connectivity index is 1.49. The zero-order valence-electron chi connectivity index (χ0n) is 15.3. The third-order valence-corrected chi connectivity index (χ3v) is 4.56. The van der Waals surface area contributed by atoms with E-state index in [1.54, 1.807) is 19.1 Å². The Kier molecular flexibility index (Phi) is 6.06. The maximum atomic E-state index is 12.9. The van der Waals surface area contributed by atoms with Gasteiger partial charge in [-0.25, -0.2) is 4.39 Å². The number of rotatable bonds is 6. The quantitative estimate of drug-likeness (QED) is 0.850. The van der Waals surface area contributed by atoms with Gasteiger partial charge in [0.05, 0.1) is 0 Å². The second kappa shape index (κ2) is 8.66. The van der Waals surface area contributed by atoms with Crippen molar-refractivity contribution in [3.8, 4) is 5.75 Å². The molecule has 2 amide bonds. The summed E-state index contributed by atoms with van der Waals surface area (Å²) in [6.07, 6.45) is 1.42. The summed E-state index contributed by atoms with van der Waals surface area (Å²) in [5.41, 5.74) is 1.57. The second-order valence-electron chi connectivity index (χ2n) is 6.63. The van der Waals surface area contributed by atoms with E-state index in [0.29, 0.717) is 17.9 Å². The minimum atomic E-state index is -0.702. The number of hydrogen-bond acceptors (Lipinski definition) is 3. The van der Waals surface area contributed by atoms with Gasteiger partial charge in [-0.1, -0.05) is 12.1 Å². The van der Waals surface area contributed by atoms with Crippen molar-refractivity contribution in [1.82, 2.24) is 10.2 Å². The lowest BCUT2D eigenvalue weighted by atomic mass is 10.1. The number of halogens is 1. The molecule has 1 saturated heterocycles. The number of carbonyl (C=O) groups is 2. The predicted octanol–water partition coefficient (Wildman–Crippen LogP) is 3.15. The van der Waals surface area contributed by atoms with Gasteiger partial charge in [0.1, 0.15) is 11.6 Å². The maximum Gasteiger partial charge on any atom is 0.261 e. The highest BCUT2D eigenvalue weighted by Crippen LogP contribution is 2.15. The van der Waals surface area contributed by atoms with Crippen LogP contribution < -0.4 is 10.1 Å². The molecule has 0 spiro atoms. The highest BCUT2D eigenvalue weighted by molar-refractivity contribution is 5.94. The Bertz CT molecular complexity index is 784. The molecule has 2 aromatic carbocycles. The largest absolute Gasteiger partial charge is 0.481 e. The summed E-state index contributed by atoms with van der Waals surface area (Å²) in [6.45, 7) is 3.62. The number of nitrogens with zero attached hydrogens (tertiary/aromatic N) is 1. The standard InChI is InChI=1S/C21H23FN2O3/c1-15(27-19-10-8-18(22)9-11-19)20(25)23-14-16-4-6-17(7-5-16)21(26)24-12-2-3-13-24/h4-11,15H,2-3,12-14H2,1H3,(H,23,25). The third-order valence-electron chi connectivity index (χ3n) is 4.56. The summed E-state index contributed by atoms with van der Waals surface area (Å²) in [5.74, 6) is -0.129. The normalized spacial score (nSPS) is 14.7. The van der Waals surface area contributed by atoms with Crippen molar-refractivity contribution in [1.29, 1.82) is 0 Å². The van der Waals surface area contributed by atoms with E-state index in [9.17, 15) is 14.0 Å². The van der Waals surface area contributed by atoms with Crippen LogP contribution in [0.15, 0.2) is 48.5 Å². The Morgan fingerprint density at radius 3 is 2.33 bits per heavy atom. The number of nitrogens with one attached hydrogen (secondary N) is 1. The molecule has 27 heavy (non-hydrogen) atoms. The molecule has 0 aromatic heterocycles. The van der Waals surface area contributed by atoms with Gasteiger partial charge in [0.2, 0.25) is 0 Å². The lowest BCUT2D eigenvalue weighted by Gasteiger charge is -2.16. The summed E-state index contributed by atoms with van der Waals surface area (Å²) in [5, 5.41) is 2.80. The van der Waals surface area contributed by atoms with Crippen molar-refractivity contribution >= 4 is 11.8 Å². The van der Waals surface area contributed by atoms with E-state index >= 15 is 0 Å². The number of carbonyl (C=O) groups excluding carboxylic acids is 2. The summed E-state index contributed by atoms with van der Waals surface area (Å²) >= 11 is 0. The molecule has 1 unspecified atom stereocenters. The summed E-state index contributed by atoms with van der Waals surface area (Å²) < 4.78 is 18.4. The first-order valence-corrected chi connectivity index (χ1v) is 9.11. The van der Waals surface area contributed by atoms with Crippen LogP contribution >= 0.6 is 0 Å². The van der Waals surface area contributed by atoms with E-state index in [4.69, 9.17) is 4.74 Å². The van der Waals surface area contributed by atoms with E-state index in [2.05, 4.69) is 5.32 Å². The number of likely N-dealkylation sites (tertiary alicyclic amines) is 1. The van der Waals surface area contributed by atoms with Gasteiger partial charge >= 0.3 is 0 Å². The average Bonchev–Trinajstić information content (AvgIpc) is 3.22. The van der Waals surface area contributed by atoms with E-state index in [-0.39, 0.29) is 17.6 Å². The molecule has 1 aliphatic heterocycles. The van der Waals surface area contributed by atoms with Crippen LogP contribution in [-0.4, -0.2) is 35.9 Å². The summed E-state index contributed by atoms with van der Waals surface area (Å²) in [7, 11) is 0. The topological polar surface area (TPSA) is 58.6 Å². The van der Waals surface area contributed by atoms with Crippen molar-refractivity contribution in [3.63, 3.8) is 0 Å². The molecule has 1 heterocycles. The molecular weight excluding hydrogens is 347 g/mol. The minimum Gasteiger partial charge on any atom is -0.481 e. The highest BCUT2D eigenvalue weighted by atomic mass is 19.1. The Morgan fingerprint density at radius 2 is 1.70 bits per heavy atom. The molecule has 1 aliphatic rings. The molecule has 5 nitrogen and oxygen atoms in total. The number of hydrogen-bond donors (Lipinski definition) is 1. The fourth-order valence-corrected chi connectivity index (χ4v) is 2.97. The molecule has 0 radical (unpaired) electrons. The minimum absolute atomic E-state index is 0.0596. The number of ether oxygens (including phenoxy) is 1. The molecule has 142 valence electrons. The summed E-state index contributed by atoms with van der Waals surface area (Å²) in [6, 6.07) is 12.8. The Labute approximate surface area is 158 Å². The smallest absolute Gasteiger partial charge is 0.261 e. The van der Waals surface area contributed by atoms with Gasteiger partial charge in [-0.05, 0) is 61.7 Å². The average molecular weight is 370 g/mol. The van der Waals surface area contributed by atoms with Crippen molar-refractivity contribution < 1.29 is 18.7 Å². The molecule has 0 saturated carbocycles. The lowest BCUT2D eigenvalue weighted by molar-refractivity contribution is -0.127. The Morgan fingerprint density at radius 1 is 1.07 bits per heavy atom. The number of amides is 2. The maximum absolute atomic E-state index is 12.9. The molecule has 0 bridgehead atoms. The van der Waals surface area contributed by atoms with Crippen LogP contribution in [0.5, 0.6) is 5.75 Å². The molecular formula is C21H23FN2O3. The molecule has 1 atom stereocenters.